The van der Waals surface area contributed by atoms with E-state index in [9.17, 15) is 4.39 Å². The van der Waals surface area contributed by atoms with Crippen LogP contribution in [0.1, 0.15) is 23.1 Å². The summed E-state index contributed by atoms with van der Waals surface area (Å²) >= 11 is 1.69. The zero-order valence-corrected chi connectivity index (χ0v) is 12.7. The average Bonchev–Trinajstić information content (AvgIpc) is 2.46. The Morgan fingerprint density at radius 1 is 1.19 bits per heavy atom. The number of rotatable bonds is 4. The summed E-state index contributed by atoms with van der Waals surface area (Å²) in [5, 5.41) is 8.71. The van der Waals surface area contributed by atoms with E-state index in [1.807, 2.05) is 18.2 Å². The number of aliphatic hydroxyl groups is 1. The van der Waals surface area contributed by atoms with Gasteiger partial charge in [-0.05, 0) is 42.3 Å². The SMILES string of the molecule is Cc1ccccc1SCc1cc(F)cc(C#CCCO)c1. The highest BCUT2D eigenvalue weighted by atomic mass is 32.2. The predicted molar refractivity (Wildman–Crippen MR) is 85.7 cm³/mol. The largest absolute Gasteiger partial charge is 0.395 e. The molecule has 0 atom stereocenters. The quantitative estimate of drug-likeness (QED) is 0.676. The molecule has 0 aliphatic rings. The van der Waals surface area contributed by atoms with Crippen molar-refractivity contribution in [1.82, 2.24) is 0 Å². The van der Waals surface area contributed by atoms with Crippen LogP contribution >= 0.6 is 11.8 Å². The van der Waals surface area contributed by atoms with E-state index in [1.54, 1.807) is 17.8 Å². The topological polar surface area (TPSA) is 20.2 Å². The molecule has 0 saturated carbocycles. The van der Waals surface area contributed by atoms with Crippen LogP contribution in [0.3, 0.4) is 0 Å². The number of hydrogen-bond donors (Lipinski definition) is 1. The summed E-state index contributed by atoms with van der Waals surface area (Å²) < 4.78 is 13.6. The van der Waals surface area contributed by atoms with Crippen molar-refractivity contribution in [3.8, 4) is 11.8 Å². The molecule has 0 saturated heterocycles. The zero-order valence-electron chi connectivity index (χ0n) is 11.9. The Labute approximate surface area is 129 Å². The lowest BCUT2D eigenvalue weighted by Gasteiger charge is -2.06. The van der Waals surface area contributed by atoms with E-state index in [0.29, 0.717) is 17.7 Å². The van der Waals surface area contributed by atoms with Crippen molar-refractivity contribution >= 4 is 11.8 Å². The third-order valence-corrected chi connectivity index (χ3v) is 4.16. The van der Waals surface area contributed by atoms with E-state index < -0.39 is 0 Å². The van der Waals surface area contributed by atoms with E-state index in [-0.39, 0.29) is 12.4 Å². The van der Waals surface area contributed by atoms with Crippen molar-refractivity contribution in [2.75, 3.05) is 6.61 Å². The molecule has 2 aromatic carbocycles. The maximum atomic E-state index is 13.6. The molecule has 0 heterocycles. The van der Waals surface area contributed by atoms with Crippen LogP contribution in [0.25, 0.3) is 0 Å². The summed E-state index contributed by atoms with van der Waals surface area (Å²) in [6.07, 6.45) is 0.407. The van der Waals surface area contributed by atoms with Gasteiger partial charge in [-0.25, -0.2) is 4.39 Å². The van der Waals surface area contributed by atoms with Gasteiger partial charge in [0.15, 0.2) is 0 Å². The Morgan fingerprint density at radius 2 is 2.00 bits per heavy atom. The fourth-order valence-corrected chi connectivity index (χ4v) is 2.87. The number of halogens is 1. The van der Waals surface area contributed by atoms with Crippen LogP contribution in [-0.4, -0.2) is 11.7 Å². The molecular weight excluding hydrogens is 283 g/mol. The molecule has 2 aromatic rings. The fraction of sp³-hybridized carbons (Fsp3) is 0.222. The lowest BCUT2D eigenvalue weighted by atomic mass is 10.1. The van der Waals surface area contributed by atoms with Crippen molar-refractivity contribution in [3.63, 3.8) is 0 Å². The molecule has 108 valence electrons. The number of aryl methyl sites for hydroxylation is 1. The Balaban J connectivity index is 2.10. The summed E-state index contributed by atoms with van der Waals surface area (Å²) in [7, 11) is 0. The zero-order chi connectivity index (χ0) is 15.1. The molecule has 1 N–H and O–H groups in total. The molecule has 0 aromatic heterocycles. The Hall–Kier alpha value is -1.76. The van der Waals surface area contributed by atoms with Gasteiger partial charge in [0, 0.05) is 22.6 Å². The molecule has 21 heavy (non-hydrogen) atoms. The molecule has 0 radical (unpaired) electrons. The summed E-state index contributed by atoms with van der Waals surface area (Å²) in [5.41, 5.74) is 2.79. The van der Waals surface area contributed by atoms with Crippen LogP contribution in [0.4, 0.5) is 4.39 Å². The van der Waals surface area contributed by atoms with Crippen LogP contribution in [0.2, 0.25) is 0 Å². The maximum Gasteiger partial charge on any atom is 0.124 e. The first-order chi connectivity index (χ1) is 10.2. The molecule has 0 amide bonds. The first kappa shape index (κ1) is 15.6. The second-order valence-corrected chi connectivity index (χ2v) is 5.69. The van der Waals surface area contributed by atoms with Gasteiger partial charge in [-0.2, -0.15) is 0 Å². The molecule has 3 heteroatoms. The van der Waals surface area contributed by atoms with Gasteiger partial charge in [-0.15, -0.1) is 11.8 Å². The molecule has 1 nitrogen and oxygen atoms in total. The summed E-state index contributed by atoms with van der Waals surface area (Å²) in [5.74, 6) is 6.13. The molecule has 0 aliphatic heterocycles. The minimum absolute atomic E-state index is 0.0261. The Morgan fingerprint density at radius 3 is 2.76 bits per heavy atom. The van der Waals surface area contributed by atoms with E-state index in [2.05, 4.69) is 30.9 Å². The Bertz CT molecular complexity index is 670. The second kappa shape index (κ2) is 7.87. The van der Waals surface area contributed by atoms with Crippen molar-refractivity contribution in [2.45, 2.75) is 24.0 Å². The number of aliphatic hydroxyl groups excluding tert-OH is 1. The third-order valence-electron chi connectivity index (χ3n) is 2.92. The van der Waals surface area contributed by atoms with Crippen molar-refractivity contribution in [1.29, 1.82) is 0 Å². The number of hydrogen-bond acceptors (Lipinski definition) is 2. The van der Waals surface area contributed by atoms with Crippen LogP contribution in [0, 0.1) is 24.6 Å². The van der Waals surface area contributed by atoms with Crippen LogP contribution in [-0.2, 0) is 5.75 Å². The van der Waals surface area contributed by atoms with Gasteiger partial charge < -0.3 is 5.11 Å². The van der Waals surface area contributed by atoms with Crippen molar-refractivity contribution in [3.05, 3.63) is 65.0 Å². The predicted octanol–water partition coefficient (Wildman–Crippen LogP) is 4.16. The highest BCUT2D eigenvalue weighted by molar-refractivity contribution is 7.98. The Kier molecular flexibility index (Phi) is 5.86. The summed E-state index contributed by atoms with van der Waals surface area (Å²) in [6.45, 7) is 2.10. The highest BCUT2D eigenvalue weighted by Crippen LogP contribution is 2.26. The number of thioether (sulfide) groups is 1. The first-order valence-corrected chi connectivity index (χ1v) is 7.75. The smallest absolute Gasteiger partial charge is 0.124 e. The standard InChI is InChI=1S/C18H17FOS/c1-14-6-2-3-8-18(14)21-13-16-10-15(7-4-5-9-20)11-17(19)12-16/h2-3,6,8,10-12,20H,5,9,13H2,1H3. The molecule has 0 fully saturated rings. The minimum atomic E-state index is -0.272. The van der Waals surface area contributed by atoms with Gasteiger partial charge in [-0.3, -0.25) is 0 Å². The molecule has 0 aliphatic carbocycles. The molecule has 2 rings (SSSR count). The lowest BCUT2D eigenvalue weighted by molar-refractivity contribution is 0.305. The summed E-state index contributed by atoms with van der Waals surface area (Å²) in [4.78, 5) is 1.20. The fourth-order valence-electron chi connectivity index (χ4n) is 1.91. The van der Waals surface area contributed by atoms with Crippen molar-refractivity contribution in [2.24, 2.45) is 0 Å². The monoisotopic (exact) mass is 300 g/mol. The van der Waals surface area contributed by atoms with E-state index in [0.717, 1.165) is 5.56 Å². The maximum absolute atomic E-state index is 13.6. The molecule has 0 unspecified atom stereocenters. The molecule has 0 bridgehead atoms. The van der Waals surface area contributed by atoms with Gasteiger partial charge in [0.05, 0.1) is 6.61 Å². The normalized spacial score (nSPS) is 10.0. The average molecular weight is 300 g/mol. The minimum Gasteiger partial charge on any atom is -0.395 e. The highest BCUT2D eigenvalue weighted by Gasteiger charge is 2.02. The molecular formula is C18H17FOS. The van der Waals surface area contributed by atoms with Crippen LogP contribution in [0.15, 0.2) is 47.4 Å². The van der Waals surface area contributed by atoms with E-state index in [1.165, 1.54) is 16.5 Å². The van der Waals surface area contributed by atoms with Gasteiger partial charge in [0.1, 0.15) is 5.82 Å². The van der Waals surface area contributed by atoms with Gasteiger partial charge in [0.25, 0.3) is 0 Å². The van der Waals surface area contributed by atoms with Gasteiger partial charge in [-0.1, -0.05) is 30.0 Å². The van der Waals surface area contributed by atoms with Crippen molar-refractivity contribution < 1.29 is 9.50 Å². The van der Waals surface area contributed by atoms with E-state index in [4.69, 9.17) is 5.11 Å². The van der Waals surface area contributed by atoms with Crippen LogP contribution < -0.4 is 0 Å². The summed E-state index contributed by atoms with van der Waals surface area (Å²) in [6, 6.07) is 13.0. The molecule has 0 spiro atoms. The number of benzene rings is 2. The second-order valence-electron chi connectivity index (χ2n) is 4.68. The van der Waals surface area contributed by atoms with Crippen LogP contribution in [0.5, 0.6) is 0 Å². The first-order valence-electron chi connectivity index (χ1n) is 6.76. The third kappa shape index (κ3) is 4.93. The van der Waals surface area contributed by atoms with E-state index >= 15 is 0 Å². The lowest BCUT2D eigenvalue weighted by Crippen LogP contribution is -1.88. The van der Waals surface area contributed by atoms with Gasteiger partial charge >= 0.3 is 0 Å². The van der Waals surface area contributed by atoms with Gasteiger partial charge in [0.2, 0.25) is 0 Å².